The molecule has 0 unspecified atom stereocenters. The van der Waals surface area contributed by atoms with E-state index in [1.807, 2.05) is 75.4 Å². The van der Waals surface area contributed by atoms with Gasteiger partial charge in [-0.1, -0.05) is 39.0 Å². The van der Waals surface area contributed by atoms with Crippen molar-refractivity contribution in [1.82, 2.24) is 19.9 Å². The molecule has 7 aromatic rings. The van der Waals surface area contributed by atoms with E-state index in [0.717, 1.165) is 22.4 Å². The van der Waals surface area contributed by atoms with Gasteiger partial charge < -0.3 is 15.4 Å². The van der Waals surface area contributed by atoms with Gasteiger partial charge in [0.1, 0.15) is 58.5 Å². The zero-order chi connectivity index (χ0) is 57.8. The Labute approximate surface area is 435 Å². The Balaban J connectivity index is 0.000000342. The minimum absolute atomic E-state index is 0. The van der Waals surface area contributed by atoms with E-state index in [1.165, 1.54) is 0 Å². The van der Waals surface area contributed by atoms with Crippen molar-refractivity contribution in [1.29, 1.82) is 0 Å². The molecular weight excluding hydrogens is 1150 g/mol. The SMILES string of the molecule is CC(C)(C)C(=O)Nc1cccc(CN(Cc2ccccn2)Cc2ccccn2)n1.Fc1c(F)c(F)c([B-](c2c(F)c(F)c(F)c(F)c2F)(c2c(F)c(F)c(F)c(F)c2F)c2c(F)c(F)c(F)c(F)c2F)c(F)c1F.O=N[O-].[Cu+2]. The molecule has 1 N–H and O–H groups in total. The molecule has 0 saturated carbocycles. The largest absolute Gasteiger partial charge is 2.00 e. The molecule has 0 saturated heterocycles. The van der Waals surface area contributed by atoms with E-state index in [0.29, 0.717) is 25.5 Å². The molecule has 3 heterocycles. The molecule has 78 heavy (non-hydrogen) atoms. The number of aromatic nitrogens is 3. The van der Waals surface area contributed by atoms with Crippen LogP contribution in [0.1, 0.15) is 37.9 Å². The van der Waals surface area contributed by atoms with E-state index in [2.05, 4.69) is 25.2 Å². The first kappa shape index (κ1) is 62.9. The van der Waals surface area contributed by atoms with Gasteiger partial charge in [-0.3, -0.25) is 19.7 Å². The van der Waals surface area contributed by atoms with Gasteiger partial charge >= 0.3 is 17.1 Å². The van der Waals surface area contributed by atoms with Crippen molar-refractivity contribution in [3.63, 3.8) is 0 Å². The predicted molar refractivity (Wildman–Crippen MR) is 232 cm³/mol. The number of hydrogen-bond donors (Lipinski definition) is 1. The van der Waals surface area contributed by atoms with Crippen molar-refractivity contribution in [2.45, 2.75) is 40.4 Å². The monoisotopic (exact) mass is 1180 g/mol. The molecule has 31 heteroatoms. The fraction of sp³-hybridized carbons (Fsp3) is 0.149. The average Bonchev–Trinajstić information content (AvgIpc) is 3.39. The van der Waals surface area contributed by atoms with Gasteiger partial charge in [-0.25, -0.2) is 92.8 Å². The summed E-state index contributed by atoms with van der Waals surface area (Å²) in [6, 6.07) is 17.5. The Morgan fingerprint density at radius 2 is 0.718 bits per heavy atom. The van der Waals surface area contributed by atoms with Crippen molar-refractivity contribution in [3.05, 3.63) is 211 Å². The fourth-order valence-corrected chi connectivity index (χ4v) is 7.65. The third-order valence-electron chi connectivity index (χ3n) is 11.0. The third-order valence-corrected chi connectivity index (χ3v) is 11.0. The maximum absolute atomic E-state index is 15.4. The standard InChI is InChI=1S/C24BF20.C23H27N5O.Cu.HNO2/c26-5-1(6(27)14(35)21(42)13(5)34)25(2-7(28)15(36)22(43)16(37)8(2)29,3-9(30)17(38)23(44)18(39)10(3)31)4-11(32)19(40)24(45)20(41)12(4)33;1-23(2,3)22(29)27-21-12-8-11-20(26-21)17-28(15-18-9-4-6-13-24-18)16-19-10-5-7-14-25-19;;2-1-3/h;4-14H,15-17H2,1-3H3,(H,26,27,29);;(H,2,3)/q-1;;+2;/p-1. The van der Waals surface area contributed by atoms with Crippen LogP contribution in [0, 0.1) is 132 Å². The Hall–Kier alpha value is -7.66. The number of carbonyl (C=O) groups excluding carboxylic acids is 1. The Kier molecular flexibility index (Phi) is 20.3. The minimum Gasteiger partial charge on any atom is -0.444 e. The molecule has 0 spiro atoms. The molecule has 7 rings (SSSR count). The van der Waals surface area contributed by atoms with Gasteiger partial charge in [-0.05, 0) is 36.4 Å². The number of carbonyl (C=O) groups is 1. The van der Waals surface area contributed by atoms with Crippen LogP contribution in [0.15, 0.2) is 72.3 Å². The first-order valence-corrected chi connectivity index (χ1v) is 21.0. The summed E-state index contributed by atoms with van der Waals surface area (Å²) in [5.74, 6) is -70.9. The smallest absolute Gasteiger partial charge is 0.444 e. The molecule has 3 aromatic heterocycles. The second-order valence-corrected chi connectivity index (χ2v) is 16.9. The molecule has 0 aliphatic carbocycles. The first-order valence-electron chi connectivity index (χ1n) is 21.0. The predicted octanol–water partition coefficient (Wildman–Crippen LogP) is 10.2. The summed E-state index contributed by atoms with van der Waals surface area (Å²) in [6.45, 7) is 7.62. The number of amides is 1. The van der Waals surface area contributed by atoms with Gasteiger partial charge in [0.25, 0.3) is 0 Å². The molecule has 417 valence electrons. The molecule has 0 aliphatic heterocycles. The average molecular weight is 1180 g/mol. The third kappa shape index (κ3) is 12.1. The van der Waals surface area contributed by atoms with Crippen LogP contribution in [0.5, 0.6) is 0 Å². The van der Waals surface area contributed by atoms with Crippen molar-refractivity contribution in [2.75, 3.05) is 5.32 Å². The summed E-state index contributed by atoms with van der Waals surface area (Å²) in [5, 5.41) is 11.9. The van der Waals surface area contributed by atoms with Gasteiger partial charge in [0.05, 0.1) is 17.1 Å². The molecule has 0 atom stereocenters. The van der Waals surface area contributed by atoms with Crippen LogP contribution in [-0.2, 0) is 41.5 Å². The van der Waals surface area contributed by atoms with Gasteiger partial charge in [0, 0.05) is 37.4 Å². The number of benzene rings is 4. The van der Waals surface area contributed by atoms with E-state index in [9.17, 15) is 57.5 Å². The van der Waals surface area contributed by atoms with Crippen molar-refractivity contribution < 1.29 is 110 Å². The van der Waals surface area contributed by atoms with Gasteiger partial charge in [-0.15, -0.1) is 27.2 Å². The van der Waals surface area contributed by atoms with Crippen LogP contribution < -0.4 is 27.2 Å². The van der Waals surface area contributed by atoms with E-state index in [-0.39, 0.29) is 23.0 Å². The minimum atomic E-state index is -7.22. The maximum Gasteiger partial charge on any atom is 2.00 e. The second kappa shape index (κ2) is 25.2. The van der Waals surface area contributed by atoms with Crippen LogP contribution in [0.3, 0.4) is 0 Å². The molecule has 1 amide bonds. The molecular formula is C47H27BCuF20N6O3. The Morgan fingerprint density at radius 3 is 0.974 bits per heavy atom. The number of nitrogens with one attached hydrogen (secondary N) is 1. The quantitative estimate of drug-likeness (QED) is 0.0342. The molecule has 1 radical (unpaired) electrons. The number of nitrogens with zero attached hydrogens (tertiary/aromatic N) is 5. The van der Waals surface area contributed by atoms with Crippen LogP contribution in [0.2, 0.25) is 0 Å². The molecule has 4 aromatic carbocycles. The number of pyridine rings is 3. The zero-order valence-electron chi connectivity index (χ0n) is 38.9. The van der Waals surface area contributed by atoms with Gasteiger partial charge in [0.2, 0.25) is 5.91 Å². The molecule has 0 bridgehead atoms. The first-order chi connectivity index (χ1) is 36.0. The van der Waals surface area contributed by atoms with E-state index in [4.69, 9.17) is 10.1 Å². The van der Waals surface area contributed by atoms with Gasteiger partial charge in [-0.2, -0.15) is 0 Å². The maximum atomic E-state index is 15.4. The van der Waals surface area contributed by atoms with E-state index < -0.39 is 150 Å². The van der Waals surface area contributed by atoms with E-state index in [1.54, 1.807) is 12.4 Å². The molecule has 0 aliphatic rings. The number of hydrogen-bond acceptors (Lipinski definition) is 8. The van der Waals surface area contributed by atoms with Crippen molar-refractivity contribution >= 4 is 39.7 Å². The van der Waals surface area contributed by atoms with E-state index >= 15 is 35.1 Å². The van der Waals surface area contributed by atoms with Crippen LogP contribution in [0.4, 0.5) is 93.6 Å². The second-order valence-electron chi connectivity index (χ2n) is 16.9. The summed E-state index contributed by atoms with van der Waals surface area (Å²) >= 11 is 0. The summed E-state index contributed by atoms with van der Waals surface area (Å²) in [6.07, 6.45) is -3.62. The summed E-state index contributed by atoms with van der Waals surface area (Å²) < 4.78 is 294. The Bertz CT molecular complexity index is 2960. The number of anilines is 1. The van der Waals surface area contributed by atoms with Crippen LogP contribution in [-0.4, -0.2) is 31.9 Å². The number of halogens is 20. The van der Waals surface area contributed by atoms with Crippen molar-refractivity contribution in [2.24, 2.45) is 10.8 Å². The fourth-order valence-electron chi connectivity index (χ4n) is 7.65. The normalized spacial score (nSPS) is 11.3. The molecule has 9 nitrogen and oxygen atoms in total. The van der Waals surface area contributed by atoms with Crippen LogP contribution in [0.25, 0.3) is 0 Å². The van der Waals surface area contributed by atoms with Gasteiger partial charge in [0.15, 0.2) is 69.8 Å². The zero-order valence-corrected chi connectivity index (χ0v) is 39.8. The van der Waals surface area contributed by atoms with Crippen LogP contribution >= 0.6 is 0 Å². The molecule has 0 fully saturated rings. The summed E-state index contributed by atoms with van der Waals surface area (Å²) in [4.78, 5) is 36.0. The van der Waals surface area contributed by atoms with Crippen molar-refractivity contribution in [3.8, 4) is 0 Å². The topological polar surface area (TPSA) is 124 Å². The number of rotatable bonds is 11. The Morgan fingerprint density at radius 1 is 0.462 bits per heavy atom. The summed E-state index contributed by atoms with van der Waals surface area (Å²) in [7, 11) is 0. The summed E-state index contributed by atoms with van der Waals surface area (Å²) in [5.41, 5.74) is -11.9.